The van der Waals surface area contributed by atoms with Crippen LogP contribution in [-0.4, -0.2) is 27.1 Å². The number of aromatic nitrogens is 1. The summed E-state index contributed by atoms with van der Waals surface area (Å²) in [6.07, 6.45) is 3.00. The molecule has 1 aliphatic heterocycles. The maximum Gasteiger partial charge on any atom is 0.242 e. The molecule has 2 aromatic rings. The molecule has 1 unspecified atom stereocenters. The minimum atomic E-state index is -0.341. The van der Waals surface area contributed by atoms with Crippen LogP contribution in [0.15, 0.2) is 63.5 Å². The zero-order chi connectivity index (χ0) is 16.2. The molecule has 116 valence electrons. The summed E-state index contributed by atoms with van der Waals surface area (Å²) in [5.41, 5.74) is 1.36. The van der Waals surface area contributed by atoms with Crippen molar-refractivity contribution in [2.45, 2.75) is 13.0 Å². The first-order chi connectivity index (χ1) is 11.1. The Hall–Kier alpha value is -1.99. The van der Waals surface area contributed by atoms with Crippen molar-refractivity contribution >= 4 is 43.7 Å². The van der Waals surface area contributed by atoms with Crippen molar-refractivity contribution in [3.63, 3.8) is 0 Å². The molecule has 0 amide bonds. The van der Waals surface area contributed by atoms with Crippen LogP contribution in [0.1, 0.15) is 22.8 Å². The number of nitrogens with zero attached hydrogens (tertiary/aromatic N) is 3. The monoisotopic (exact) mass is 389 g/mol. The number of rotatable bonds is 2. The molecule has 1 aliphatic rings. The van der Waals surface area contributed by atoms with E-state index < -0.39 is 0 Å². The third-order valence-corrected chi connectivity index (χ3v) is 4.63. The summed E-state index contributed by atoms with van der Waals surface area (Å²) in [5.74, 6) is 0.408. The molecular weight excluding hydrogens is 378 g/mol. The van der Waals surface area contributed by atoms with Gasteiger partial charge in [0.25, 0.3) is 0 Å². The van der Waals surface area contributed by atoms with Crippen molar-refractivity contribution in [3.8, 4) is 0 Å². The van der Waals surface area contributed by atoms with Crippen LogP contribution in [0.2, 0.25) is 0 Å². The maximum absolute atomic E-state index is 12.3. The lowest BCUT2D eigenvalue weighted by molar-refractivity contribution is 0.109. The van der Waals surface area contributed by atoms with E-state index in [4.69, 9.17) is 4.74 Å². The first-order valence-corrected chi connectivity index (χ1v) is 8.45. The molecule has 0 bridgehead atoms. The number of hydrogen-bond donors (Lipinski definition) is 0. The first kappa shape index (κ1) is 15.9. The van der Waals surface area contributed by atoms with Crippen LogP contribution in [0, 0.1) is 0 Å². The molecule has 5 nitrogen and oxygen atoms in total. The zero-order valence-electron chi connectivity index (χ0n) is 12.1. The normalized spacial score (nSPS) is 17.0. The lowest BCUT2D eigenvalue weighted by atomic mass is 10.2. The number of benzene rings is 1. The van der Waals surface area contributed by atoms with Gasteiger partial charge in [0.05, 0.1) is 5.56 Å². The number of pyridine rings is 1. The lowest BCUT2D eigenvalue weighted by Gasteiger charge is -2.19. The van der Waals surface area contributed by atoms with Gasteiger partial charge in [0.1, 0.15) is 11.1 Å². The summed E-state index contributed by atoms with van der Waals surface area (Å²) in [7, 11) is 0. The van der Waals surface area contributed by atoms with Crippen molar-refractivity contribution in [1.82, 2.24) is 4.98 Å². The van der Waals surface area contributed by atoms with Crippen molar-refractivity contribution in [1.29, 1.82) is 0 Å². The highest BCUT2D eigenvalue weighted by atomic mass is 79.9. The SMILES string of the molecule is CC1OC(c2cccnc2)=NN=C1SC(=O)c1ccc(Br)cc1. The van der Waals surface area contributed by atoms with E-state index in [1.54, 1.807) is 30.6 Å². The number of carbonyl (C=O) groups excluding carboxylic acids is 1. The second-order valence-corrected chi connectivity index (χ2v) is 6.65. The second-order valence-electron chi connectivity index (χ2n) is 4.74. The molecule has 1 aromatic heterocycles. The Morgan fingerprint density at radius 3 is 2.65 bits per heavy atom. The topological polar surface area (TPSA) is 63.9 Å². The van der Waals surface area contributed by atoms with Gasteiger partial charge in [0.15, 0.2) is 0 Å². The maximum atomic E-state index is 12.3. The average molecular weight is 390 g/mol. The Labute approximate surface area is 146 Å². The highest BCUT2D eigenvalue weighted by Gasteiger charge is 2.24. The van der Waals surface area contributed by atoms with Gasteiger partial charge in [0, 0.05) is 22.4 Å². The molecule has 2 heterocycles. The van der Waals surface area contributed by atoms with Gasteiger partial charge in [-0.3, -0.25) is 9.78 Å². The van der Waals surface area contributed by atoms with Crippen LogP contribution in [0.3, 0.4) is 0 Å². The number of ether oxygens (including phenoxy) is 1. The molecule has 23 heavy (non-hydrogen) atoms. The molecule has 1 aromatic carbocycles. The molecule has 0 spiro atoms. The molecular formula is C16H12BrN3O2S. The van der Waals surface area contributed by atoms with Crippen LogP contribution < -0.4 is 0 Å². The van der Waals surface area contributed by atoms with Gasteiger partial charge < -0.3 is 4.74 Å². The minimum Gasteiger partial charge on any atom is -0.466 e. The van der Waals surface area contributed by atoms with Crippen LogP contribution in [0.25, 0.3) is 0 Å². The van der Waals surface area contributed by atoms with Crippen molar-refractivity contribution < 1.29 is 9.53 Å². The fourth-order valence-electron chi connectivity index (χ4n) is 1.88. The quantitative estimate of drug-likeness (QED) is 0.781. The van der Waals surface area contributed by atoms with E-state index in [9.17, 15) is 4.79 Å². The standard InChI is InChI=1S/C16H12BrN3O2S/c1-10-15(23-16(21)11-4-6-13(17)7-5-11)20-19-14(22-10)12-3-2-8-18-9-12/h2-10H,1H3. The number of hydrogen-bond acceptors (Lipinski definition) is 6. The lowest BCUT2D eigenvalue weighted by Crippen LogP contribution is -2.27. The average Bonchev–Trinajstić information content (AvgIpc) is 2.58. The molecule has 0 saturated heterocycles. The number of carbonyl (C=O) groups is 1. The zero-order valence-corrected chi connectivity index (χ0v) is 14.5. The highest BCUT2D eigenvalue weighted by Crippen LogP contribution is 2.22. The molecule has 3 rings (SSSR count). The predicted molar refractivity (Wildman–Crippen MR) is 94.8 cm³/mol. The Bertz CT molecular complexity index is 776. The molecule has 0 aliphatic carbocycles. The Morgan fingerprint density at radius 1 is 1.22 bits per heavy atom. The predicted octanol–water partition coefficient (Wildman–Crippen LogP) is 3.90. The smallest absolute Gasteiger partial charge is 0.242 e. The molecule has 7 heteroatoms. The van der Waals surface area contributed by atoms with Gasteiger partial charge in [-0.25, -0.2) is 0 Å². The molecule has 0 saturated carbocycles. The van der Waals surface area contributed by atoms with Gasteiger partial charge in [-0.2, -0.15) is 0 Å². The van der Waals surface area contributed by atoms with Crippen molar-refractivity contribution in [3.05, 3.63) is 64.4 Å². The second kappa shape index (κ2) is 7.06. The molecule has 1 atom stereocenters. The van der Waals surface area contributed by atoms with Crippen LogP contribution in [0.4, 0.5) is 0 Å². The summed E-state index contributed by atoms with van der Waals surface area (Å²) in [6, 6.07) is 10.8. The van der Waals surface area contributed by atoms with Gasteiger partial charge in [-0.15, -0.1) is 10.2 Å². The van der Waals surface area contributed by atoms with E-state index in [0.717, 1.165) is 21.8 Å². The van der Waals surface area contributed by atoms with Crippen molar-refractivity contribution in [2.75, 3.05) is 0 Å². The van der Waals surface area contributed by atoms with E-state index in [2.05, 4.69) is 31.1 Å². The van der Waals surface area contributed by atoms with Crippen LogP contribution >= 0.6 is 27.7 Å². The summed E-state index contributed by atoms with van der Waals surface area (Å²) in [4.78, 5) is 16.3. The highest BCUT2D eigenvalue weighted by molar-refractivity contribution is 9.10. The van der Waals surface area contributed by atoms with Gasteiger partial charge >= 0.3 is 0 Å². The van der Waals surface area contributed by atoms with Gasteiger partial charge in [0.2, 0.25) is 11.0 Å². The molecule has 0 N–H and O–H groups in total. The fourth-order valence-corrected chi connectivity index (χ4v) is 2.88. The third kappa shape index (κ3) is 3.86. The largest absolute Gasteiger partial charge is 0.466 e. The molecule has 0 fully saturated rings. The summed E-state index contributed by atoms with van der Waals surface area (Å²) in [5, 5.41) is 8.63. The van der Waals surface area contributed by atoms with E-state index in [-0.39, 0.29) is 11.2 Å². The Morgan fingerprint density at radius 2 is 2.00 bits per heavy atom. The fraction of sp³-hybridized carbons (Fsp3) is 0.125. The number of halogens is 1. The van der Waals surface area contributed by atoms with Gasteiger partial charge in [-0.1, -0.05) is 15.9 Å². The summed E-state index contributed by atoms with van der Waals surface area (Å²) in [6.45, 7) is 1.84. The van der Waals surface area contributed by atoms with Crippen molar-refractivity contribution in [2.24, 2.45) is 10.2 Å². The van der Waals surface area contributed by atoms with E-state index in [0.29, 0.717) is 16.5 Å². The van der Waals surface area contributed by atoms with E-state index in [1.807, 2.05) is 25.1 Å². The van der Waals surface area contributed by atoms with Crippen LogP contribution in [0.5, 0.6) is 0 Å². The van der Waals surface area contributed by atoms with Crippen LogP contribution in [-0.2, 0) is 4.74 Å². The third-order valence-electron chi connectivity index (χ3n) is 3.06. The van der Waals surface area contributed by atoms with E-state index in [1.165, 1.54) is 0 Å². The minimum absolute atomic E-state index is 0.0910. The Kier molecular flexibility index (Phi) is 4.88. The van der Waals surface area contributed by atoms with E-state index >= 15 is 0 Å². The summed E-state index contributed by atoms with van der Waals surface area (Å²) < 4.78 is 6.67. The number of thioether (sulfide) groups is 1. The first-order valence-electron chi connectivity index (χ1n) is 6.84. The Balaban J connectivity index is 1.75. The molecule has 0 radical (unpaired) electrons. The summed E-state index contributed by atoms with van der Waals surface area (Å²) >= 11 is 4.38. The van der Waals surface area contributed by atoms with Gasteiger partial charge in [-0.05, 0) is 55.1 Å².